The number of rotatable bonds is 2. The van der Waals surface area contributed by atoms with Crippen molar-refractivity contribution in [2.45, 2.75) is 25.4 Å². The van der Waals surface area contributed by atoms with Crippen LogP contribution in [0.2, 0.25) is 0 Å². The van der Waals surface area contributed by atoms with Crippen LogP contribution in [0.3, 0.4) is 0 Å². The second kappa shape index (κ2) is 6.02. The molecule has 0 spiro atoms. The normalized spacial score (nSPS) is 17.5. The number of nitrogens with zero attached hydrogens (tertiary/aromatic N) is 2. The summed E-state index contributed by atoms with van der Waals surface area (Å²) in [5.74, 6) is 0.747. The molecule has 1 aromatic heterocycles. The van der Waals surface area contributed by atoms with Gasteiger partial charge in [-0.3, -0.25) is 4.79 Å². The van der Waals surface area contributed by atoms with E-state index < -0.39 is 0 Å². The van der Waals surface area contributed by atoms with Crippen LogP contribution in [-0.2, 0) is 13.0 Å². The van der Waals surface area contributed by atoms with Crippen molar-refractivity contribution in [1.82, 2.24) is 14.9 Å². The van der Waals surface area contributed by atoms with Crippen LogP contribution in [0.5, 0.6) is 5.75 Å². The number of imidazole rings is 1. The second-order valence-corrected chi connectivity index (χ2v) is 6.80. The maximum Gasteiger partial charge on any atom is 0.251 e. The van der Waals surface area contributed by atoms with Gasteiger partial charge in [-0.15, -0.1) is 0 Å². The Kier molecular flexibility index (Phi) is 3.52. The average Bonchev–Trinajstić information content (AvgIpc) is 3.26. The molecule has 2 aliphatic rings. The van der Waals surface area contributed by atoms with Crippen molar-refractivity contribution in [2.75, 3.05) is 6.61 Å². The molecule has 1 amide bonds. The average molecular weight is 345 g/mol. The van der Waals surface area contributed by atoms with Gasteiger partial charge in [0.2, 0.25) is 0 Å². The number of aryl methyl sites for hydroxylation is 1. The SMILES string of the molecule is O=C(N[C@H]1CCc2ccccc21)c1ccc2c(c1)-c1cncn1CCO2. The number of carbonyl (C=O) groups is 1. The minimum absolute atomic E-state index is 0.0511. The predicted molar refractivity (Wildman–Crippen MR) is 98.1 cm³/mol. The molecule has 1 aliphatic heterocycles. The maximum atomic E-state index is 12.9. The van der Waals surface area contributed by atoms with E-state index in [1.807, 2.05) is 30.5 Å². The first-order valence-corrected chi connectivity index (χ1v) is 8.95. The summed E-state index contributed by atoms with van der Waals surface area (Å²) in [4.78, 5) is 17.1. The highest BCUT2D eigenvalue weighted by Crippen LogP contribution is 2.34. The van der Waals surface area contributed by atoms with Gasteiger partial charge in [0, 0.05) is 11.1 Å². The van der Waals surface area contributed by atoms with Crippen molar-refractivity contribution in [2.24, 2.45) is 0 Å². The zero-order valence-corrected chi connectivity index (χ0v) is 14.3. The summed E-state index contributed by atoms with van der Waals surface area (Å²) in [7, 11) is 0. The Balaban J connectivity index is 1.45. The van der Waals surface area contributed by atoms with Crippen molar-refractivity contribution < 1.29 is 9.53 Å². The highest BCUT2D eigenvalue weighted by molar-refractivity contribution is 5.96. The Morgan fingerprint density at radius 1 is 1.23 bits per heavy atom. The minimum atomic E-state index is -0.0511. The van der Waals surface area contributed by atoms with Crippen molar-refractivity contribution >= 4 is 5.91 Å². The van der Waals surface area contributed by atoms with E-state index in [-0.39, 0.29) is 11.9 Å². The van der Waals surface area contributed by atoms with E-state index in [9.17, 15) is 4.79 Å². The summed E-state index contributed by atoms with van der Waals surface area (Å²) in [6.07, 6.45) is 5.59. The second-order valence-electron chi connectivity index (χ2n) is 6.80. The van der Waals surface area contributed by atoms with Gasteiger partial charge in [-0.25, -0.2) is 4.98 Å². The summed E-state index contributed by atoms with van der Waals surface area (Å²) < 4.78 is 7.88. The molecule has 0 saturated heterocycles. The zero-order valence-electron chi connectivity index (χ0n) is 14.3. The van der Waals surface area contributed by atoms with Crippen LogP contribution in [0.4, 0.5) is 0 Å². The summed E-state index contributed by atoms with van der Waals surface area (Å²) in [5, 5.41) is 3.19. The Hall–Kier alpha value is -3.08. The molecule has 3 aromatic rings. The molecule has 5 rings (SSSR count). The van der Waals surface area contributed by atoms with E-state index in [1.54, 1.807) is 6.33 Å². The monoisotopic (exact) mass is 345 g/mol. The Morgan fingerprint density at radius 2 is 2.15 bits per heavy atom. The topological polar surface area (TPSA) is 56.2 Å². The van der Waals surface area contributed by atoms with Crippen LogP contribution in [0.15, 0.2) is 55.0 Å². The molecule has 1 aliphatic carbocycles. The first-order valence-electron chi connectivity index (χ1n) is 8.95. The van der Waals surface area contributed by atoms with E-state index >= 15 is 0 Å². The summed E-state index contributed by atoms with van der Waals surface area (Å²) in [5.41, 5.74) is 5.11. The van der Waals surface area contributed by atoms with Gasteiger partial charge >= 0.3 is 0 Å². The number of hydrogen-bond donors (Lipinski definition) is 1. The molecule has 0 bridgehead atoms. The van der Waals surface area contributed by atoms with Crippen LogP contribution in [0, 0.1) is 0 Å². The van der Waals surface area contributed by atoms with E-state index in [0.29, 0.717) is 12.2 Å². The Labute approximate surface area is 151 Å². The van der Waals surface area contributed by atoms with Gasteiger partial charge in [-0.2, -0.15) is 0 Å². The smallest absolute Gasteiger partial charge is 0.251 e. The lowest BCUT2D eigenvalue weighted by Crippen LogP contribution is -2.27. The molecule has 0 fully saturated rings. The molecule has 0 unspecified atom stereocenters. The third-order valence-electron chi connectivity index (χ3n) is 5.26. The number of carbonyl (C=O) groups excluding carboxylic acids is 1. The number of fused-ring (bicyclic) bond motifs is 4. The van der Waals surface area contributed by atoms with Crippen LogP contribution >= 0.6 is 0 Å². The zero-order chi connectivity index (χ0) is 17.5. The molecule has 26 heavy (non-hydrogen) atoms. The van der Waals surface area contributed by atoms with Crippen molar-refractivity contribution in [3.05, 3.63) is 71.7 Å². The highest BCUT2D eigenvalue weighted by atomic mass is 16.5. The molecule has 0 radical (unpaired) electrons. The van der Waals surface area contributed by atoms with E-state index in [1.165, 1.54) is 11.1 Å². The predicted octanol–water partition coefficient (Wildman–Crippen LogP) is 3.36. The number of aromatic nitrogens is 2. The van der Waals surface area contributed by atoms with E-state index in [0.717, 1.165) is 36.4 Å². The lowest BCUT2D eigenvalue weighted by Gasteiger charge is -2.15. The molecule has 0 saturated carbocycles. The molecule has 2 heterocycles. The minimum Gasteiger partial charge on any atom is -0.491 e. The number of ether oxygens (including phenoxy) is 1. The van der Waals surface area contributed by atoms with Gasteiger partial charge in [-0.05, 0) is 42.2 Å². The Bertz CT molecular complexity index is 992. The van der Waals surface area contributed by atoms with Crippen molar-refractivity contribution in [1.29, 1.82) is 0 Å². The van der Waals surface area contributed by atoms with Gasteiger partial charge in [0.15, 0.2) is 0 Å². The third-order valence-corrected chi connectivity index (χ3v) is 5.26. The number of nitrogens with one attached hydrogen (secondary N) is 1. The molecule has 2 aromatic carbocycles. The first-order chi connectivity index (χ1) is 12.8. The van der Waals surface area contributed by atoms with Crippen LogP contribution in [0.1, 0.15) is 33.9 Å². The van der Waals surface area contributed by atoms with Gasteiger partial charge in [0.25, 0.3) is 5.91 Å². The summed E-state index contributed by atoms with van der Waals surface area (Å²) in [6, 6.07) is 14.0. The lowest BCUT2D eigenvalue weighted by atomic mass is 10.0. The quantitative estimate of drug-likeness (QED) is 0.775. The van der Waals surface area contributed by atoms with Gasteiger partial charge in [-0.1, -0.05) is 24.3 Å². The van der Waals surface area contributed by atoms with E-state index in [4.69, 9.17) is 4.74 Å². The fourth-order valence-electron chi connectivity index (χ4n) is 3.92. The highest BCUT2D eigenvalue weighted by Gasteiger charge is 2.24. The van der Waals surface area contributed by atoms with Crippen LogP contribution < -0.4 is 10.1 Å². The molecular weight excluding hydrogens is 326 g/mol. The first kappa shape index (κ1) is 15.2. The standard InChI is InChI=1S/C21H19N3O2/c25-21(23-18-7-5-14-3-1-2-4-16(14)18)15-6-8-20-17(11-15)19-12-22-13-24(19)9-10-26-20/h1-4,6,8,11-13,18H,5,7,9-10H2,(H,23,25)/t18-/m0/s1. The fraction of sp³-hybridized carbons (Fsp3) is 0.238. The molecule has 130 valence electrons. The maximum absolute atomic E-state index is 12.9. The largest absolute Gasteiger partial charge is 0.491 e. The van der Waals surface area contributed by atoms with E-state index in [2.05, 4.69) is 33.1 Å². The van der Waals surface area contributed by atoms with Crippen molar-refractivity contribution in [3.8, 4) is 17.0 Å². The van der Waals surface area contributed by atoms with Gasteiger partial charge in [0.1, 0.15) is 12.4 Å². The lowest BCUT2D eigenvalue weighted by molar-refractivity contribution is 0.0936. The van der Waals surface area contributed by atoms with Crippen molar-refractivity contribution in [3.63, 3.8) is 0 Å². The molecule has 5 heteroatoms. The van der Waals surface area contributed by atoms with Gasteiger partial charge < -0.3 is 14.6 Å². The molecule has 1 N–H and O–H groups in total. The third kappa shape index (κ3) is 2.47. The summed E-state index contributed by atoms with van der Waals surface area (Å²) in [6.45, 7) is 1.35. The Morgan fingerprint density at radius 3 is 3.12 bits per heavy atom. The fourth-order valence-corrected chi connectivity index (χ4v) is 3.92. The molecule has 1 atom stereocenters. The summed E-state index contributed by atoms with van der Waals surface area (Å²) >= 11 is 0. The number of amides is 1. The van der Waals surface area contributed by atoms with Crippen LogP contribution in [-0.4, -0.2) is 22.1 Å². The molecular formula is C21H19N3O2. The van der Waals surface area contributed by atoms with Crippen LogP contribution in [0.25, 0.3) is 11.3 Å². The number of benzene rings is 2. The number of hydrogen-bond acceptors (Lipinski definition) is 3. The molecule has 5 nitrogen and oxygen atoms in total. The van der Waals surface area contributed by atoms with Gasteiger partial charge in [0.05, 0.1) is 30.8 Å².